The zero-order valence-electron chi connectivity index (χ0n) is 14.3. The number of thiocarbonyl (C=S) groups is 1. The van der Waals surface area contributed by atoms with E-state index < -0.39 is 10.8 Å². The zero-order chi connectivity index (χ0) is 19.2. The molecule has 2 N–H and O–H groups in total. The summed E-state index contributed by atoms with van der Waals surface area (Å²) in [5, 5.41) is 17.1. The molecular weight excluding hydrogens is 366 g/mol. The van der Waals surface area contributed by atoms with Crippen LogP contribution in [0.3, 0.4) is 0 Å². The minimum absolute atomic E-state index is 0.232. The molecule has 3 rings (SSSR count). The quantitative estimate of drug-likeness (QED) is 0.351. The molecule has 1 aliphatic heterocycles. The lowest BCUT2D eigenvalue weighted by molar-refractivity contribution is -0.417. The highest BCUT2D eigenvalue weighted by Gasteiger charge is 2.32. The Labute approximate surface area is 161 Å². The Bertz CT molecular complexity index is 886. The fourth-order valence-electron chi connectivity index (χ4n) is 2.71. The van der Waals surface area contributed by atoms with Crippen molar-refractivity contribution >= 4 is 23.1 Å². The van der Waals surface area contributed by atoms with Crippen LogP contribution in [-0.2, 0) is 6.54 Å². The highest BCUT2D eigenvalue weighted by molar-refractivity contribution is 7.80. The normalized spacial score (nSPS) is 15.0. The first-order chi connectivity index (χ1) is 13.1. The summed E-state index contributed by atoms with van der Waals surface area (Å²) >= 11 is 5.17. The maximum Gasteiger partial charge on any atom is 0.343 e. The smallest absolute Gasteiger partial charge is 0.343 e. The van der Waals surface area contributed by atoms with E-state index in [1.54, 1.807) is 47.5 Å². The third-order valence-electron chi connectivity index (χ3n) is 3.95. The first-order valence-corrected chi connectivity index (χ1v) is 8.65. The van der Waals surface area contributed by atoms with E-state index in [2.05, 4.69) is 15.6 Å². The van der Waals surface area contributed by atoms with Crippen molar-refractivity contribution in [3.8, 4) is 0 Å². The standard InChI is InChI=1S/C18H17N5O3S/c24-17(13-6-2-1-3-7-13)21-18(27)15(23(25)26)16-20-10-11-22(16)12-14-8-4-5-9-19-14/h1-9,20H,10-12H2,(H,21,24,27)/b16-15-. The van der Waals surface area contributed by atoms with Crippen LogP contribution in [0.4, 0.5) is 0 Å². The summed E-state index contributed by atoms with van der Waals surface area (Å²) in [5.74, 6) is -0.209. The van der Waals surface area contributed by atoms with Crippen molar-refractivity contribution in [2.45, 2.75) is 6.54 Å². The number of carbonyl (C=O) groups excluding carboxylic acids is 1. The second-order valence-electron chi connectivity index (χ2n) is 5.77. The van der Waals surface area contributed by atoms with Crippen LogP contribution >= 0.6 is 12.2 Å². The molecule has 0 bridgehead atoms. The lowest BCUT2D eigenvalue weighted by atomic mass is 10.2. The van der Waals surface area contributed by atoms with Gasteiger partial charge in [0.2, 0.25) is 0 Å². The molecule has 1 aromatic carbocycles. The van der Waals surface area contributed by atoms with Crippen molar-refractivity contribution < 1.29 is 9.72 Å². The molecule has 0 radical (unpaired) electrons. The van der Waals surface area contributed by atoms with Crippen molar-refractivity contribution in [3.05, 3.63) is 87.6 Å². The fraction of sp³-hybridized carbons (Fsp3) is 0.167. The van der Waals surface area contributed by atoms with Crippen LogP contribution in [0.2, 0.25) is 0 Å². The van der Waals surface area contributed by atoms with E-state index in [0.717, 1.165) is 5.69 Å². The van der Waals surface area contributed by atoms with E-state index in [9.17, 15) is 14.9 Å². The van der Waals surface area contributed by atoms with Gasteiger partial charge in [-0.1, -0.05) is 36.5 Å². The van der Waals surface area contributed by atoms with Gasteiger partial charge in [0.25, 0.3) is 5.91 Å². The SMILES string of the molecule is O=C(NC(=S)/C(=C1\NCCN1Cc1ccccn1)[N+](=O)[O-])c1ccccc1. The molecule has 1 aromatic heterocycles. The number of pyridine rings is 1. The number of hydrogen-bond donors (Lipinski definition) is 2. The number of nitrogens with zero attached hydrogens (tertiary/aromatic N) is 3. The van der Waals surface area contributed by atoms with Crippen LogP contribution in [0.15, 0.2) is 66.2 Å². The molecule has 1 saturated heterocycles. The number of amides is 1. The lowest BCUT2D eigenvalue weighted by Gasteiger charge is -2.18. The molecule has 0 spiro atoms. The summed E-state index contributed by atoms with van der Waals surface area (Å²) in [5.41, 5.74) is 0.820. The van der Waals surface area contributed by atoms with Crippen LogP contribution in [0.25, 0.3) is 0 Å². The van der Waals surface area contributed by atoms with Gasteiger partial charge in [0.1, 0.15) is 0 Å². The van der Waals surface area contributed by atoms with Gasteiger partial charge in [-0.25, -0.2) is 0 Å². The number of benzene rings is 1. The Kier molecular flexibility index (Phi) is 5.72. The average Bonchev–Trinajstić information content (AvgIpc) is 3.10. The summed E-state index contributed by atoms with van der Waals surface area (Å²) in [7, 11) is 0. The topological polar surface area (TPSA) is 100 Å². The number of hydrogen-bond acceptors (Lipinski definition) is 7. The van der Waals surface area contributed by atoms with Crippen LogP contribution in [-0.4, -0.2) is 38.8 Å². The molecule has 1 amide bonds. The van der Waals surface area contributed by atoms with E-state index in [4.69, 9.17) is 12.2 Å². The van der Waals surface area contributed by atoms with Gasteiger partial charge in [-0.3, -0.25) is 19.9 Å². The Morgan fingerprint density at radius 1 is 1.26 bits per heavy atom. The molecule has 2 aromatic rings. The molecule has 0 atom stereocenters. The van der Waals surface area contributed by atoms with Gasteiger partial charge in [0.15, 0.2) is 10.8 Å². The summed E-state index contributed by atoms with van der Waals surface area (Å²) in [4.78, 5) is 29.2. The number of rotatable bonds is 5. The third-order valence-corrected chi connectivity index (χ3v) is 4.25. The Hall–Kier alpha value is -3.33. The van der Waals surface area contributed by atoms with Crippen molar-refractivity contribution in [1.82, 2.24) is 20.5 Å². The molecule has 138 valence electrons. The molecule has 27 heavy (non-hydrogen) atoms. The molecule has 0 unspecified atom stereocenters. The van der Waals surface area contributed by atoms with Gasteiger partial charge >= 0.3 is 5.70 Å². The maximum atomic E-state index is 12.3. The summed E-state index contributed by atoms with van der Waals surface area (Å²) < 4.78 is 0. The van der Waals surface area contributed by atoms with Crippen LogP contribution in [0.1, 0.15) is 16.1 Å². The minimum atomic E-state index is -0.577. The molecule has 0 aliphatic carbocycles. The third kappa shape index (κ3) is 4.45. The van der Waals surface area contributed by atoms with E-state index in [1.807, 2.05) is 12.1 Å². The summed E-state index contributed by atoms with van der Waals surface area (Å²) in [6.07, 6.45) is 1.67. The second kappa shape index (κ2) is 8.37. The van der Waals surface area contributed by atoms with E-state index >= 15 is 0 Å². The predicted octanol–water partition coefficient (Wildman–Crippen LogP) is 1.69. The van der Waals surface area contributed by atoms with Gasteiger partial charge in [-0.15, -0.1) is 0 Å². The van der Waals surface area contributed by atoms with Gasteiger partial charge in [-0.2, -0.15) is 0 Å². The number of nitro groups is 1. The molecule has 1 fully saturated rings. The molecular formula is C18H17N5O3S. The van der Waals surface area contributed by atoms with Crippen molar-refractivity contribution in [1.29, 1.82) is 0 Å². The number of aromatic nitrogens is 1. The van der Waals surface area contributed by atoms with Crippen LogP contribution in [0.5, 0.6) is 0 Å². The van der Waals surface area contributed by atoms with Crippen molar-refractivity contribution in [3.63, 3.8) is 0 Å². The zero-order valence-corrected chi connectivity index (χ0v) is 15.1. The van der Waals surface area contributed by atoms with Gasteiger partial charge in [0.05, 0.1) is 17.2 Å². The van der Waals surface area contributed by atoms with E-state index in [1.165, 1.54) is 0 Å². The van der Waals surface area contributed by atoms with Gasteiger partial charge in [-0.05, 0) is 24.3 Å². The molecule has 1 aliphatic rings. The molecule has 8 nitrogen and oxygen atoms in total. The number of carbonyl (C=O) groups is 1. The molecule has 2 heterocycles. The minimum Gasteiger partial charge on any atom is -0.364 e. The Morgan fingerprint density at radius 2 is 2.00 bits per heavy atom. The first kappa shape index (κ1) is 18.5. The van der Waals surface area contributed by atoms with Crippen LogP contribution < -0.4 is 10.6 Å². The second-order valence-corrected chi connectivity index (χ2v) is 6.18. The largest absolute Gasteiger partial charge is 0.364 e. The maximum absolute atomic E-state index is 12.3. The Balaban J connectivity index is 1.83. The van der Waals surface area contributed by atoms with Crippen molar-refractivity contribution in [2.24, 2.45) is 0 Å². The predicted molar refractivity (Wildman–Crippen MR) is 103 cm³/mol. The lowest BCUT2D eigenvalue weighted by Crippen LogP contribution is -2.36. The van der Waals surface area contributed by atoms with Gasteiger partial charge in [0, 0.05) is 24.8 Å². The molecule has 0 saturated carbocycles. The van der Waals surface area contributed by atoms with Crippen molar-refractivity contribution in [2.75, 3.05) is 13.1 Å². The number of nitrogens with one attached hydrogen (secondary N) is 2. The highest BCUT2D eigenvalue weighted by Crippen LogP contribution is 2.17. The first-order valence-electron chi connectivity index (χ1n) is 8.24. The highest BCUT2D eigenvalue weighted by atomic mass is 32.1. The average molecular weight is 383 g/mol. The molecule has 9 heteroatoms. The Morgan fingerprint density at radius 3 is 2.67 bits per heavy atom. The monoisotopic (exact) mass is 383 g/mol. The summed E-state index contributed by atoms with van der Waals surface area (Å²) in [6.45, 7) is 1.50. The fourth-order valence-corrected chi connectivity index (χ4v) is 2.98. The van der Waals surface area contributed by atoms with E-state index in [0.29, 0.717) is 25.2 Å². The van der Waals surface area contributed by atoms with E-state index in [-0.39, 0.29) is 16.5 Å². The van der Waals surface area contributed by atoms with Crippen LogP contribution in [0, 0.1) is 10.1 Å². The van der Waals surface area contributed by atoms with Gasteiger partial charge < -0.3 is 15.5 Å². The summed E-state index contributed by atoms with van der Waals surface area (Å²) in [6, 6.07) is 13.9.